The SMILES string of the molecule is Cc1ccc([S@@](=O)Cc2ccc(C(=O)N3CCN(c4cccc(C)c4)[C@H](C)C3)o2)cc1. The van der Waals surface area contributed by atoms with Crippen molar-refractivity contribution < 1.29 is 13.4 Å². The molecule has 1 fully saturated rings. The van der Waals surface area contributed by atoms with Gasteiger partial charge in [-0.3, -0.25) is 9.00 Å². The Morgan fingerprint density at radius 2 is 1.81 bits per heavy atom. The van der Waals surface area contributed by atoms with E-state index in [1.54, 1.807) is 12.1 Å². The summed E-state index contributed by atoms with van der Waals surface area (Å²) in [7, 11) is -1.21. The summed E-state index contributed by atoms with van der Waals surface area (Å²) < 4.78 is 18.4. The van der Waals surface area contributed by atoms with E-state index in [1.165, 1.54) is 11.3 Å². The number of carbonyl (C=O) groups is 1. The van der Waals surface area contributed by atoms with E-state index < -0.39 is 10.8 Å². The van der Waals surface area contributed by atoms with Crippen LogP contribution < -0.4 is 4.90 Å². The number of hydrogen-bond acceptors (Lipinski definition) is 4. The van der Waals surface area contributed by atoms with Gasteiger partial charge in [0.25, 0.3) is 5.91 Å². The van der Waals surface area contributed by atoms with Gasteiger partial charge in [-0.15, -0.1) is 0 Å². The van der Waals surface area contributed by atoms with Crippen LogP contribution in [0.2, 0.25) is 0 Å². The molecule has 2 aromatic carbocycles. The summed E-state index contributed by atoms with van der Waals surface area (Å²) in [5.74, 6) is 1.03. The second-order valence-corrected chi connectivity index (χ2v) is 9.65. The van der Waals surface area contributed by atoms with E-state index >= 15 is 0 Å². The van der Waals surface area contributed by atoms with Gasteiger partial charge in [0.15, 0.2) is 5.76 Å². The van der Waals surface area contributed by atoms with E-state index in [-0.39, 0.29) is 17.7 Å². The van der Waals surface area contributed by atoms with E-state index in [1.807, 2.05) is 36.1 Å². The molecule has 1 aliphatic heterocycles. The average molecular weight is 437 g/mol. The topological polar surface area (TPSA) is 53.8 Å². The van der Waals surface area contributed by atoms with Gasteiger partial charge in [0.1, 0.15) is 5.76 Å². The molecule has 0 saturated carbocycles. The van der Waals surface area contributed by atoms with Crippen molar-refractivity contribution in [3.8, 4) is 0 Å². The van der Waals surface area contributed by atoms with Gasteiger partial charge in [-0.25, -0.2) is 0 Å². The maximum atomic E-state index is 13.0. The van der Waals surface area contributed by atoms with Crippen LogP contribution in [0.15, 0.2) is 70.0 Å². The highest BCUT2D eigenvalue weighted by Gasteiger charge is 2.29. The Bertz CT molecular complexity index is 1090. The molecule has 2 atom stereocenters. The summed E-state index contributed by atoms with van der Waals surface area (Å²) in [4.78, 5) is 17.9. The van der Waals surface area contributed by atoms with Crippen LogP contribution in [0.4, 0.5) is 5.69 Å². The molecule has 0 spiro atoms. The Kier molecular flexibility index (Phi) is 6.28. The van der Waals surface area contributed by atoms with E-state index in [2.05, 4.69) is 43.0 Å². The highest BCUT2D eigenvalue weighted by Crippen LogP contribution is 2.23. The molecule has 1 aliphatic rings. The van der Waals surface area contributed by atoms with Crippen molar-refractivity contribution in [1.82, 2.24) is 4.90 Å². The molecule has 0 aliphatic carbocycles. The number of amides is 1. The summed E-state index contributed by atoms with van der Waals surface area (Å²) in [6.07, 6.45) is 0. The minimum absolute atomic E-state index is 0.108. The van der Waals surface area contributed by atoms with Crippen LogP contribution >= 0.6 is 0 Å². The lowest BCUT2D eigenvalue weighted by atomic mass is 10.1. The lowest BCUT2D eigenvalue weighted by molar-refractivity contribution is 0.0692. The molecule has 2 heterocycles. The second-order valence-electron chi connectivity index (χ2n) is 8.20. The molecule has 1 aromatic heterocycles. The fraction of sp³-hybridized carbons (Fsp3) is 0.320. The molecule has 0 N–H and O–H groups in total. The van der Waals surface area contributed by atoms with Crippen LogP contribution in [0.25, 0.3) is 0 Å². The number of piperazine rings is 1. The molecule has 3 aromatic rings. The van der Waals surface area contributed by atoms with E-state index in [0.717, 1.165) is 17.0 Å². The van der Waals surface area contributed by atoms with Gasteiger partial charge in [0.2, 0.25) is 0 Å². The molecule has 1 amide bonds. The van der Waals surface area contributed by atoms with Crippen molar-refractivity contribution in [2.45, 2.75) is 37.5 Å². The van der Waals surface area contributed by atoms with Gasteiger partial charge in [-0.05, 0) is 62.7 Å². The van der Waals surface area contributed by atoms with Crippen LogP contribution in [-0.4, -0.2) is 40.7 Å². The molecule has 1 saturated heterocycles. The Labute approximate surface area is 186 Å². The summed E-state index contributed by atoms with van der Waals surface area (Å²) in [5, 5.41) is 0. The number of rotatable bonds is 5. The van der Waals surface area contributed by atoms with Gasteiger partial charge in [-0.1, -0.05) is 29.8 Å². The lowest BCUT2D eigenvalue weighted by Gasteiger charge is -2.41. The van der Waals surface area contributed by atoms with Gasteiger partial charge in [-0.2, -0.15) is 0 Å². The molecule has 162 valence electrons. The zero-order valence-corrected chi connectivity index (χ0v) is 19.0. The number of hydrogen-bond donors (Lipinski definition) is 0. The molecule has 0 bridgehead atoms. The highest BCUT2D eigenvalue weighted by molar-refractivity contribution is 7.84. The Balaban J connectivity index is 1.39. The third kappa shape index (κ3) is 4.90. The maximum Gasteiger partial charge on any atom is 0.289 e. The summed E-state index contributed by atoms with van der Waals surface area (Å²) in [5.41, 5.74) is 3.55. The molecular weight excluding hydrogens is 408 g/mol. The third-order valence-electron chi connectivity index (χ3n) is 5.68. The molecule has 6 heteroatoms. The molecular formula is C25H28N2O3S. The van der Waals surface area contributed by atoms with Crippen LogP contribution in [0.1, 0.15) is 34.4 Å². The average Bonchev–Trinajstić information content (AvgIpc) is 3.22. The minimum atomic E-state index is -1.21. The monoisotopic (exact) mass is 436 g/mol. The largest absolute Gasteiger partial charge is 0.455 e. The van der Waals surface area contributed by atoms with Crippen LogP contribution in [0.5, 0.6) is 0 Å². The number of nitrogens with zero attached hydrogens (tertiary/aromatic N) is 2. The lowest BCUT2D eigenvalue weighted by Crippen LogP contribution is -2.53. The predicted octanol–water partition coefficient (Wildman–Crippen LogP) is 4.56. The zero-order chi connectivity index (χ0) is 22.0. The Morgan fingerprint density at radius 3 is 2.52 bits per heavy atom. The first kappa shape index (κ1) is 21.4. The van der Waals surface area contributed by atoms with E-state index in [0.29, 0.717) is 24.6 Å². The third-order valence-corrected chi connectivity index (χ3v) is 7.02. The molecule has 0 unspecified atom stereocenters. The van der Waals surface area contributed by atoms with Gasteiger partial charge in [0, 0.05) is 36.3 Å². The fourth-order valence-corrected chi connectivity index (χ4v) is 4.98. The minimum Gasteiger partial charge on any atom is -0.455 e. The Hall–Kier alpha value is -2.86. The van der Waals surface area contributed by atoms with Crippen molar-refractivity contribution >= 4 is 22.4 Å². The smallest absolute Gasteiger partial charge is 0.289 e. The Morgan fingerprint density at radius 1 is 1.03 bits per heavy atom. The van der Waals surface area contributed by atoms with Gasteiger partial charge in [0.05, 0.1) is 16.6 Å². The van der Waals surface area contributed by atoms with Crippen LogP contribution in [-0.2, 0) is 16.6 Å². The quantitative estimate of drug-likeness (QED) is 0.589. The van der Waals surface area contributed by atoms with Crippen LogP contribution in [0.3, 0.4) is 0 Å². The summed E-state index contributed by atoms with van der Waals surface area (Å²) in [6.45, 7) is 8.29. The van der Waals surface area contributed by atoms with Crippen molar-refractivity contribution in [2.24, 2.45) is 0 Å². The van der Waals surface area contributed by atoms with Crippen LogP contribution in [0, 0.1) is 13.8 Å². The first-order chi connectivity index (χ1) is 14.9. The molecule has 5 nitrogen and oxygen atoms in total. The van der Waals surface area contributed by atoms with Gasteiger partial charge < -0.3 is 14.2 Å². The summed E-state index contributed by atoms with van der Waals surface area (Å²) >= 11 is 0. The van der Waals surface area contributed by atoms with E-state index in [9.17, 15) is 9.00 Å². The molecule has 31 heavy (non-hydrogen) atoms. The first-order valence-electron chi connectivity index (χ1n) is 10.6. The predicted molar refractivity (Wildman–Crippen MR) is 124 cm³/mol. The summed E-state index contributed by atoms with van der Waals surface area (Å²) in [6, 6.07) is 19.8. The number of aryl methyl sites for hydroxylation is 2. The highest BCUT2D eigenvalue weighted by atomic mass is 32.2. The normalized spacial score (nSPS) is 17.6. The van der Waals surface area contributed by atoms with Crippen molar-refractivity contribution in [3.63, 3.8) is 0 Å². The number of benzene rings is 2. The fourth-order valence-electron chi connectivity index (χ4n) is 3.96. The molecule has 0 radical (unpaired) electrons. The zero-order valence-electron chi connectivity index (χ0n) is 18.2. The maximum absolute atomic E-state index is 13.0. The van der Waals surface area contributed by atoms with Crippen molar-refractivity contribution in [2.75, 3.05) is 24.5 Å². The standard InChI is InChI=1S/C25H28N2O3S/c1-18-7-10-23(11-8-18)31(29)17-22-9-12-24(30-22)25(28)26-13-14-27(20(3)16-26)21-6-4-5-19(2)15-21/h4-12,15,20H,13-14,16-17H2,1-3H3/t20-,31+/m1/s1. The first-order valence-corrected chi connectivity index (χ1v) is 11.9. The van der Waals surface area contributed by atoms with E-state index in [4.69, 9.17) is 4.42 Å². The number of furan rings is 1. The molecule has 4 rings (SSSR count). The number of carbonyl (C=O) groups excluding carboxylic acids is 1. The van der Waals surface area contributed by atoms with Crippen molar-refractivity contribution in [1.29, 1.82) is 0 Å². The second kappa shape index (κ2) is 9.10. The van der Waals surface area contributed by atoms with Gasteiger partial charge >= 0.3 is 0 Å². The van der Waals surface area contributed by atoms with Crippen molar-refractivity contribution in [3.05, 3.63) is 83.3 Å². The number of anilines is 1.